The first-order valence-corrected chi connectivity index (χ1v) is 9.14. The maximum atomic E-state index is 12.5. The van der Waals surface area contributed by atoms with Gasteiger partial charge in [0.2, 0.25) is 0 Å². The number of rotatable bonds is 4. The van der Waals surface area contributed by atoms with Crippen LogP contribution in [0.1, 0.15) is 23.4 Å². The normalized spacial score (nSPS) is 15.5. The Morgan fingerprint density at radius 2 is 2.24 bits per heavy atom. The number of thiazole rings is 1. The van der Waals surface area contributed by atoms with E-state index in [0.717, 1.165) is 36.4 Å². The molecule has 25 heavy (non-hydrogen) atoms. The number of carbonyl (C=O) groups excluding carboxylic acids is 1. The topological polar surface area (TPSA) is 67.6 Å². The number of amides is 1. The van der Waals surface area contributed by atoms with Crippen molar-refractivity contribution >= 4 is 33.3 Å². The lowest BCUT2D eigenvalue weighted by atomic mass is 10.1. The Kier molecular flexibility index (Phi) is 4.31. The van der Waals surface area contributed by atoms with Gasteiger partial charge in [-0.1, -0.05) is 12.1 Å². The minimum atomic E-state index is -0.175. The molecule has 130 valence electrons. The molecule has 0 aliphatic carbocycles. The van der Waals surface area contributed by atoms with Gasteiger partial charge in [-0.05, 0) is 25.0 Å². The molecule has 0 spiro atoms. The van der Waals surface area contributed by atoms with Crippen LogP contribution in [0.2, 0.25) is 0 Å². The van der Waals surface area contributed by atoms with Crippen molar-refractivity contribution < 1.29 is 13.9 Å². The van der Waals surface area contributed by atoms with Gasteiger partial charge in [-0.15, -0.1) is 11.3 Å². The second kappa shape index (κ2) is 6.76. The number of ether oxygens (including phenoxy) is 1. The van der Waals surface area contributed by atoms with E-state index in [-0.39, 0.29) is 11.9 Å². The van der Waals surface area contributed by atoms with Crippen LogP contribution in [-0.2, 0) is 0 Å². The van der Waals surface area contributed by atoms with Crippen LogP contribution in [0.5, 0.6) is 5.75 Å². The SMILES string of the molecule is COc1cccc2cc(C(=O)NC3CCN(c4nccs4)CC3)oc12. The van der Waals surface area contributed by atoms with Crippen LogP contribution in [0.25, 0.3) is 11.0 Å². The molecule has 0 atom stereocenters. The van der Waals surface area contributed by atoms with E-state index in [1.165, 1.54) is 0 Å². The van der Waals surface area contributed by atoms with Crippen molar-refractivity contribution in [3.05, 3.63) is 41.6 Å². The number of furan rings is 1. The standard InChI is InChI=1S/C18H19N3O3S/c1-23-14-4-2-3-12-11-15(24-16(12)14)17(22)20-13-5-8-21(9-6-13)18-19-7-10-25-18/h2-4,7,10-11,13H,5-6,8-9H2,1H3,(H,20,22). The molecule has 1 amide bonds. The zero-order valence-corrected chi connectivity index (χ0v) is 14.7. The van der Waals surface area contributed by atoms with Crippen LogP contribution in [0.15, 0.2) is 40.3 Å². The lowest BCUT2D eigenvalue weighted by Crippen LogP contribution is -2.44. The smallest absolute Gasteiger partial charge is 0.287 e. The number of anilines is 1. The molecule has 0 unspecified atom stereocenters. The number of fused-ring (bicyclic) bond motifs is 1. The van der Waals surface area contributed by atoms with Crippen LogP contribution < -0.4 is 15.0 Å². The predicted octanol–water partition coefficient (Wildman–Crippen LogP) is 3.30. The maximum Gasteiger partial charge on any atom is 0.287 e. The Morgan fingerprint density at radius 1 is 1.40 bits per heavy atom. The fourth-order valence-electron chi connectivity index (χ4n) is 3.15. The third kappa shape index (κ3) is 3.19. The van der Waals surface area contributed by atoms with E-state index in [1.807, 2.05) is 29.8 Å². The molecule has 1 aliphatic rings. The zero-order valence-electron chi connectivity index (χ0n) is 13.9. The molecule has 1 N–H and O–H groups in total. The molecule has 4 rings (SSSR count). The monoisotopic (exact) mass is 357 g/mol. The van der Waals surface area contributed by atoms with Gasteiger partial charge in [0, 0.05) is 36.1 Å². The average Bonchev–Trinajstić information content (AvgIpc) is 3.31. The fourth-order valence-corrected chi connectivity index (χ4v) is 3.85. The Morgan fingerprint density at radius 3 is 2.96 bits per heavy atom. The number of nitrogens with zero attached hydrogens (tertiary/aromatic N) is 2. The quantitative estimate of drug-likeness (QED) is 0.776. The van der Waals surface area contributed by atoms with E-state index in [1.54, 1.807) is 24.5 Å². The summed E-state index contributed by atoms with van der Waals surface area (Å²) in [4.78, 5) is 19.1. The van der Waals surface area contributed by atoms with Crippen LogP contribution in [0.3, 0.4) is 0 Å². The van der Waals surface area contributed by atoms with Crippen molar-refractivity contribution in [1.29, 1.82) is 0 Å². The van der Waals surface area contributed by atoms with Crippen LogP contribution >= 0.6 is 11.3 Å². The first-order chi connectivity index (χ1) is 12.2. The Bertz CT molecular complexity index is 867. The van der Waals surface area contributed by atoms with Crippen LogP contribution in [0, 0.1) is 0 Å². The number of piperidine rings is 1. The molecule has 1 aromatic carbocycles. The van der Waals surface area contributed by atoms with Crippen molar-refractivity contribution in [2.45, 2.75) is 18.9 Å². The van der Waals surface area contributed by atoms with E-state index in [0.29, 0.717) is 17.1 Å². The van der Waals surface area contributed by atoms with Crippen molar-refractivity contribution in [2.24, 2.45) is 0 Å². The summed E-state index contributed by atoms with van der Waals surface area (Å²) < 4.78 is 11.0. The highest BCUT2D eigenvalue weighted by molar-refractivity contribution is 7.13. The summed E-state index contributed by atoms with van der Waals surface area (Å²) in [6.45, 7) is 1.79. The summed E-state index contributed by atoms with van der Waals surface area (Å²) in [5.41, 5.74) is 0.605. The van der Waals surface area contributed by atoms with E-state index in [2.05, 4.69) is 15.2 Å². The predicted molar refractivity (Wildman–Crippen MR) is 97.6 cm³/mol. The second-order valence-corrected chi connectivity index (χ2v) is 6.91. The molecule has 2 aromatic heterocycles. The maximum absolute atomic E-state index is 12.5. The molecule has 1 fully saturated rings. The third-order valence-electron chi connectivity index (χ3n) is 4.47. The second-order valence-electron chi connectivity index (χ2n) is 6.04. The summed E-state index contributed by atoms with van der Waals surface area (Å²) in [6, 6.07) is 7.52. The van der Waals surface area contributed by atoms with Gasteiger partial charge in [-0.25, -0.2) is 4.98 Å². The minimum Gasteiger partial charge on any atom is -0.493 e. The summed E-state index contributed by atoms with van der Waals surface area (Å²) in [6.07, 6.45) is 3.62. The number of aromatic nitrogens is 1. The molecule has 6 nitrogen and oxygen atoms in total. The molecule has 0 saturated carbocycles. The largest absolute Gasteiger partial charge is 0.493 e. The first kappa shape index (κ1) is 16.0. The van der Waals surface area contributed by atoms with Crippen molar-refractivity contribution in [3.63, 3.8) is 0 Å². The first-order valence-electron chi connectivity index (χ1n) is 8.26. The summed E-state index contributed by atoms with van der Waals surface area (Å²) in [5, 5.41) is 6.98. The summed E-state index contributed by atoms with van der Waals surface area (Å²) >= 11 is 1.65. The molecular weight excluding hydrogens is 338 g/mol. The van der Waals surface area contributed by atoms with Gasteiger partial charge in [-0.2, -0.15) is 0 Å². The number of hydrogen-bond acceptors (Lipinski definition) is 6. The van der Waals surface area contributed by atoms with E-state index in [4.69, 9.17) is 9.15 Å². The number of benzene rings is 1. The molecular formula is C18H19N3O3S. The number of hydrogen-bond donors (Lipinski definition) is 1. The van der Waals surface area contributed by atoms with Gasteiger partial charge in [0.1, 0.15) is 0 Å². The zero-order chi connectivity index (χ0) is 17.2. The molecule has 3 heterocycles. The van der Waals surface area contributed by atoms with Gasteiger partial charge in [0.25, 0.3) is 5.91 Å². The molecule has 7 heteroatoms. The van der Waals surface area contributed by atoms with Gasteiger partial charge in [0.05, 0.1) is 7.11 Å². The number of methoxy groups -OCH3 is 1. The Balaban J connectivity index is 1.41. The van der Waals surface area contributed by atoms with Gasteiger partial charge in [0.15, 0.2) is 22.2 Å². The third-order valence-corrected chi connectivity index (χ3v) is 5.30. The lowest BCUT2D eigenvalue weighted by molar-refractivity contribution is 0.0905. The van der Waals surface area contributed by atoms with Crippen LogP contribution in [-0.4, -0.2) is 37.1 Å². The Labute approximate surface area is 149 Å². The van der Waals surface area contributed by atoms with Gasteiger partial charge < -0.3 is 19.4 Å². The fraction of sp³-hybridized carbons (Fsp3) is 0.333. The van der Waals surface area contributed by atoms with Crippen molar-refractivity contribution in [2.75, 3.05) is 25.1 Å². The van der Waals surface area contributed by atoms with Crippen LogP contribution in [0.4, 0.5) is 5.13 Å². The molecule has 0 bridgehead atoms. The molecule has 3 aromatic rings. The number of para-hydroxylation sites is 1. The van der Waals surface area contributed by atoms with Gasteiger partial charge in [-0.3, -0.25) is 4.79 Å². The van der Waals surface area contributed by atoms with E-state index >= 15 is 0 Å². The highest BCUT2D eigenvalue weighted by Gasteiger charge is 2.24. The minimum absolute atomic E-state index is 0.152. The van der Waals surface area contributed by atoms with Gasteiger partial charge >= 0.3 is 0 Å². The molecule has 1 saturated heterocycles. The number of carbonyl (C=O) groups is 1. The summed E-state index contributed by atoms with van der Waals surface area (Å²) in [5.74, 6) is 0.779. The molecule has 0 radical (unpaired) electrons. The average molecular weight is 357 g/mol. The lowest BCUT2D eigenvalue weighted by Gasteiger charge is -2.31. The number of nitrogens with one attached hydrogen (secondary N) is 1. The van der Waals surface area contributed by atoms with E-state index < -0.39 is 0 Å². The summed E-state index contributed by atoms with van der Waals surface area (Å²) in [7, 11) is 1.59. The highest BCUT2D eigenvalue weighted by Crippen LogP contribution is 2.28. The van der Waals surface area contributed by atoms with Crippen molar-refractivity contribution in [3.8, 4) is 5.75 Å². The van der Waals surface area contributed by atoms with Crippen molar-refractivity contribution in [1.82, 2.24) is 10.3 Å². The highest BCUT2D eigenvalue weighted by atomic mass is 32.1. The Hall–Kier alpha value is -2.54. The van der Waals surface area contributed by atoms with E-state index in [9.17, 15) is 4.79 Å². The molecule has 1 aliphatic heterocycles.